The SMILES string of the molecule is C=CC(=O)NCN1CCC[C@H]1C(=O)O. The lowest BCUT2D eigenvalue weighted by molar-refractivity contribution is -0.142. The Kier molecular flexibility index (Phi) is 3.64. The largest absolute Gasteiger partial charge is 0.480 e. The third-order valence-corrected chi connectivity index (χ3v) is 2.29. The van der Waals surface area contributed by atoms with Crippen molar-refractivity contribution >= 4 is 11.9 Å². The molecule has 0 aromatic heterocycles. The Bertz CT molecular complexity index is 252. The van der Waals surface area contributed by atoms with E-state index < -0.39 is 12.0 Å². The van der Waals surface area contributed by atoms with Crippen LogP contribution in [0.15, 0.2) is 12.7 Å². The first-order valence-corrected chi connectivity index (χ1v) is 4.52. The fourth-order valence-corrected chi connectivity index (χ4v) is 1.55. The van der Waals surface area contributed by atoms with Crippen LogP contribution >= 0.6 is 0 Å². The smallest absolute Gasteiger partial charge is 0.320 e. The van der Waals surface area contributed by atoms with Crippen molar-refractivity contribution in [2.45, 2.75) is 18.9 Å². The maximum absolute atomic E-state index is 10.8. The maximum Gasteiger partial charge on any atom is 0.320 e. The fraction of sp³-hybridized carbons (Fsp3) is 0.556. The van der Waals surface area contributed by atoms with Crippen molar-refractivity contribution in [2.75, 3.05) is 13.2 Å². The molecule has 0 aromatic carbocycles. The van der Waals surface area contributed by atoms with E-state index in [4.69, 9.17) is 5.11 Å². The maximum atomic E-state index is 10.8. The Morgan fingerprint density at radius 3 is 2.93 bits per heavy atom. The number of aliphatic carboxylic acids is 1. The van der Waals surface area contributed by atoms with Crippen LogP contribution in [0.2, 0.25) is 0 Å². The summed E-state index contributed by atoms with van der Waals surface area (Å²) < 4.78 is 0. The first-order chi connectivity index (χ1) is 6.65. The number of amides is 1. The molecule has 1 saturated heterocycles. The summed E-state index contributed by atoms with van der Waals surface area (Å²) in [5, 5.41) is 11.4. The number of nitrogens with one attached hydrogen (secondary N) is 1. The van der Waals surface area contributed by atoms with Crippen molar-refractivity contribution in [1.82, 2.24) is 10.2 Å². The number of carboxylic acid groups (broad SMARTS) is 1. The van der Waals surface area contributed by atoms with Crippen LogP contribution in [-0.2, 0) is 9.59 Å². The predicted molar refractivity (Wildman–Crippen MR) is 50.6 cm³/mol. The molecule has 5 heteroatoms. The van der Waals surface area contributed by atoms with Gasteiger partial charge in [-0.3, -0.25) is 14.5 Å². The number of carbonyl (C=O) groups excluding carboxylic acids is 1. The molecule has 1 atom stereocenters. The van der Waals surface area contributed by atoms with E-state index in [0.29, 0.717) is 13.0 Å². The van der Waals surface area contributed by atoms with Gasteiger partial charge in [0.1, 0.15) is 6.04 Å². The first kappa shape index (κ1) is 10.7. The highest BCUT2D eigenvalue weighted by Gasteiger charge is 2.29. The predicted octanol–water partition coefficient (Wildman–Crippen LogP) is -0.205. The van der Waals surface area contributed by atoms with E-state index in [1.54, 1.807) is 4.90 Å². The molecule has 0 aromatic rings. The Hall–Kier alpha value is -1.36. The molecule has 0 aliphatic carbocycles. The standard InChI is InChI=1S/C9H14N2O3/c1-2-8(12)10-6-11-5-3-4-7(11)9(13)14/h2,7H,1,3-6H2,(H,10,12)(H,13,14)/t7-/m0/s1. The molecule has 0 radical (unpaired) electrons. The van der Waals surface area contributed by atoms with Gasteiger partial charge in [-0.05, 0) is 18.9 Å². The highest BCUT2D eigenvalue weighted by Crippen LogP contribution is 2.15. The van der Waals surface area contributed by atoms with Gasteiger partial charge in [0.05, 0.1) is 6.67 Å². The fourth-order valence-electron chi connectivity index (χ4n) is 1.55. The zero-order valence-electron chi connectivity index (χ0n) is 7.90. The number of rotatable bonds is 4. The summed E-state index contributed by atoms with van der Waals surface area (Å²) in [6.45, 7) is 4.31. The van der Waals surface area contributed by atoms with E-state index in [2.05, 4.69) is 11.9 Å². The van der Waals surface area contributed by atoms with E-state index in [0.717, 1.165) is 6.42 Å². The number of carbonyl (C=O) groups is 2. The normalized spacial score (nSPS) is 21.9. The molecule has 1 aliphatic rings. The number of likely N-dealkylation sites (tertiary alicyclic amines) is 1. The molecule has 1 rings (SSSR count). The highest BCUT2D eigenvalue weighted by atomic mass is 16.4. The molecule has 1 heterocycles. The first-order valence-electron chi connectivity index (χ1n) is 4.52. The van der Waals surface area contributed by atoms with Gasteiger partial charge in [0.25, 0.3) is 0 Å². The molecule has 1 amide bonds. The zero-order chi connectivity index (χ0) is 10.6. The quantitative estimate of drug-likeness (QED) is 0.613. The summed E-state index contributed by atoms with van der Waals surface area (Å²) in [6, 6.07) is -0.458. The Labute approximate surface area is 82.4 Å². The third-order valence-electron chi connectivity index (χ3n) is 2.29. The third kappa shape index (κ3) is 2.56. The Morgan fingerprint density at radius 1 is 1.64 bits per heavy atom. The molecule has 14 heavy (non-hydrogen) atoms. The summed E-state index contributed by atoms with van der Waals surface area (Å²) in [4.78, 5) is 23.3. The molecule has 0 bridgehead atoms. The minimum absolute atomic E-state index is 0.277. The topological polar surface area (TPSA) is 69.6 Å². The molecule has 0 spiro atoms. The summed E-state index contributed by atoms with van der Waals surface area (Å²) in [5.74, 6) is -1.10. The number of hydrogen-bond donors (Lipinski definition) is 2. The molecule has 1 aliphatic heterocycles. The van der Waals surface area contributed by atoms with Gasteiger partial charge in [-0.1, -0.05) is 6.58 Å². The van der Waals surface area contributed by atoms with E-state index in [9.17, 15) is 9.59 Å². The molecule has 5 nitrogen and oxygen atoms in total. The van der Waals surface area contributed by atoms with Gasteiger partial charge in [-0.15, -0.1) is 0 Å². The van der Waals surface area contributed by atoms with E-state index in [1.807, 2.05) is 0 Å². The van der Waals surface area contributed by atoms with Crippen LogP contribution in [0, 0.1) is 0 Å². The summed E-state index contributed by atoms with van der Waals surface area (Å²) in [7, 11) is 0. The van der Waals surface area contributed by atoms with Crippen LogP contribution in [-0.4, -0.2) is 41.1 Å². The van der Waals surface area contributed by atoms with Crippen LogP contribution in [0.3, 0.4) is 0 Å². The minimum Gasteiger partial charge on any atom is -0.480 e. The second-order valence-electron chi connectivity index (χ2n) is 3.21. The van der Waals surface area contributed by atoms with Gasteiger partial charge in [0, 0.05) is 6.54 Å². The second-order valence-corrected chi connectivity index (χ2v) is 3.21. The van der Waals surface area contributed by atoms with E-state index >= 15 is 0 Å². The van der Waals surface area contributed by atoms with Crippen molar-refractivity contribution in [2.24, 2.45) is 0 Å². The Morgan fingerprint density at radius 2 is 2.36 bits per heavy atom. The molecule has 78 valence electrons. The minimum atomic E-state index is -0.824. The summed E-state index contributed by atoms with van der Waals surface area (Å²) in [6.07, 6.45) is 2.69. The average molecular weight is 198 g/mol. The second kappa shape index (κ2) is 4.76. The van der Waals surface area contributed by atoms with Crippen LogP contribution in [0.25, 0.3) is 0 Å². The monoisotopic (exact) mass is 198 g/mol. The number of nitrogens with zero attached hydrogens (tertiary/aromatic N) is 1. The molecule has 0 saturated carbocycles. The lowest BCUT2D eigenvalue weighted by Crippen LogP contribution is -2.43. The van der Waals surface area contributed by atoms with Crippen molar-refractivity contribution in [3.8, 4) is 0 Å². The lowest BCUT2D eigenvalue weighted by Gasteiger charge is -2.20. The lowest BCUT2D eigenvalue weighted by atomic mass is 10.2. The van der Waals surface area contributed by atoms with Crippen molar-refractivity contribution < 1.29 is 14.7 Å². The molecule has 1 fully saturated rings. The summed E-state index contributed by atoms with van der Waals surface area (Å²) >= 11 is 0. The van der Waals surface area contributed by atoms with Gasteiger partial charge in [-0.2, -0.15) is 0 Å². The van der Waals surface area contributed by atoms with Crippen molar-refractivity contribution in [1.29, 1.82) is 0 Å². The van der Waals surface area contributed by atoms with Crippen LogP contribution in [0.1, 0.15) is 12.8 Å². The van der Waals surface area contributed by atoms with Gasteiger partial charge in [0.2, 0.25) is 5.91 Å². The van der Waals surface area contributed by atoms with Crippen LogP contribution in [0.5, 0.6) is 0 Å². The molecular formula is C9H14N2O3. The van der Waals surface area contributed by atoms with Gasteiger partial charge < -0.3 is 10.4 Å². The average Bonchev–Trinajstić information content (AvgIpc) is 2.62. The number of carboxylic acids is 1. The highest BCUT2D eigenvalue weighted by molar-refractivity contribution is 5.86. The molecule has 0 unspecified atom stereocenters. The van der Waals surface area contributed by atoms with Crippen LogP contribution < -0.4 is 5.32 Å². The molecule has 2 N–H and O–H groups in total. The van der Waals surface area contributed by atoms with E-state index in [1.165, 1.54) is 6.08 Å². The Balaban J connectivity index is 2.39. The summed E-state index contributed by atoms with van der Waals surface area (Å²) in [5.41, 5.74) is 0. The molecular weight excluding hydrogens is 184 g/mol. The van der Waals surface area contributed by atoms with Gasteiger partial charge in [-0.25, -0.2) is 0 Å². The van der Waals surface area contributed by atoms with Crippen molar-refractivity contribution in [3.63, 3.8) is 0 Å². The number of hydrogen-bond acceptors (Lipinski definition) is 3. The zero-order valence-corrected chi connectivity index (χ0v) is 7.90. The van der Waals surface area contributed by atoms with Gasteiger partial charge >= 0.3 is 5.97 Å². The van der Waals surface area contributed by atoms with Crippen molar-refractivity contribution in [3.05, 3.63) is 12.7 Å². The van der Waals surface area contributed by atoms with E-state index in [-0.39, 0.29) is 12.6 Å². The van der Waals surface area contributed by atoms with Gasteiger partial charge in [0.15, 0.2) is 0 Å². The van der Waals surface area contributed by atoms with Crippen LogP contribution in [0.4, 0.5) is 0 Å².